The van der Waals surface area contributed by atoms with Gasteiger partial charge in [0.2, 0.25) is 5.72 Å². The molecule has 10 heteroatoms. The second-order valence-corrected chi connectivity index (χ2v) is 10.2. The van der Waals surface area contributed by atoms with Crippen molar-refractivity contribution in [2.75, 3.05) is 0 Å². The fourth-order valence-corrected chi connectivity index (χ4v) is 6.07. The average molecular weight is 535 g/mol. The van der Waals surface area contributed by atoms with Crippen LogP contribution in [0.15, 0.2) is 82.7 Å². The van der Waals surface area contributed by atoms with Crippen LogP contribution in [0.2, 0.25) is 5.02 Å². The molecule has 0 amide bonds. The summed E-state index contributed by atoms with van der Waals surface area (Å²) in [4.78, 5) is 13.5. The first-order chi connectivity index (χ1) is 16.7. The Morgan fingerprint density at radius 1 is 1.14 bits per heavy atom. The van der Waals surface area contributed by atoms with E-state index in [2.05, 4.69) is 5.32 Å². The monoisotopic (exact) mass is 534 g/mol. The third-order valence-electron chi connectivity index (χ3n) is 5.71. The molecule has 180 valence electrons. The molecule has 0 saturated carbocycles. The lowest BCUT2D eigenvalue weighted by Gasteiger charge is -2.45. The van der Waals surface area contributed by atoms with Gasteiger partial charge in [-0.3, -0.25) is 4.79 Å². The number of aliphatic hydroxyl groups is 1. The molecule has 4 rings (SSSR count). The molecule has 1 aromatic heterocycles. The standard InChI is InChI=1S/C25H18ClF3N2O2S2/c26-18-10-5-4-9-16(18)20-17(13-30)23(35-14-15-7-2-1-3-8-15)31-24(33,25(27,28)29)21(20)22(32)19-11-6-12-34-19/h1-12,20-21,31,33H,14H2/t20-,21+,24+/m0/s1. The average Bonchev–Trinajstić information content (AvgIpc) is 3.37. The summed E-state index contributed by atoms with van der Waals surface area (Å²) in [7, 11) is 0. The normalized spacial score (nSPS) is 22.4. The van der Waals surface area contributed by atoms with Crippen molar-refractivity contribution in [1.29, 1.82) is 5.26 Å². The summed E-state index contributed by atoms with van der Waals surface area (Å²) >= 11 is 8.29. The molecule has 1 aliphatic rings. The maximum atomic E-state index is 14.5. The zero-order valence-electron chi connectivity index (χ0n) is 17.9. The maximum absolute atomic E-state index is 14.5. The summed E-state index contributed by atoms with van der Waals surface area (Å²) in [5, 5.41) is 24.9. The molecule has 0 unspecified atom stereocenters. The van der Waals surface area contributed by atoms with Crippen LogP contribution in [0.5, 0.6) is 0 Å². The first kappa shape index (κ1) is 25.3. The topological polar surface area (TPSA) is 73.1 Å². The van der Waals surface area contributed by atoms with Gasteiger partial charge >= 0.3 is 6.18 Å². The number of hydrogen-bond donors (Lipinski definition) is 2. The van der Waals surface area contributed by atoms with Crippen molar-refractivity contribution < 1.29 is 23.1 Å². The molecule has 0 fully saturated rings. The molecule has 2 aromatic carbocycles. The van der Waals surface area contributed by atoms with Crippen molar-refractivity contribution in [3.63, 3.8) is 0 Å². The number of ketones is 1. The Kier molecular flexibility index (Phi) is 7.29. The summed E-state index contributed by atoms with van der Waals surface area (Å²) < 4.78 is 43.6. The van der Waals surface area contributed by atoms with E-state index in [0.29, 0.717) is 0 Å². The molecule has 0 aliphatic carbocycles. The zero-order chi connectivity index (χ0) is 25.2. The van der Waals surface area contributed by atoms with Gasteiger partial charge in [0.15, 0.2) is 5.78 Å². The van der Waals surface area contributed by atoms with Crippen LogP contribution < -0.4 is 5.32 Å². The fraction of sp³-hybridized carbons (Fsp3) is 0.200. The molecule has 2 N–H and O–H groups in total. The van der Waals surface area contributed by atoms with Gasteiger partial charge in [-0.25, -0.2) is 0 Å². The molecule has 0 saturated heterocycles. The van der Waals surface area contributed by atoms with Crippen molar-refractivity contribution >= 4 is 40.5 Å². The molecular formula is C25H18ClF3N2O2S2. The van der Waals surface area contributed by atoms with Gasteiger partial charge in [-0.2, -0.15) is 18.4 Å². The number of thioether (sulfide) groups is 1. The summed E-state index contributed by atoms with van der Waals surface area (Å²) in [6.45, 7) is 0. The second kappa shape index (κ2) is 10.1. The number of Topliss-reactive ketones (excluding diaryl/α,β-unsaturated/α-hetero) is 1. The van der Waals surface area contributed by atoms with E-state index in [0.717, 1.165) is 28.7 Å². The molecule has 35 heavy (non-hydrogen) atoms. The van der Waals surface area contributed by atoms with Crippen molar-refractivity contribution in [2.45, 2.75) is 23.6 Å². The van der Waals surface area contributed by atoms with Crippen molar-refractivity contribution in [3.8, 4) is 6.07 Å². The Morgan fingerprint density at radius 2 is 1.83 bits per heavy atom. The van der Waals surface area contributed by atoms with Crippen molar-refractivity contribution in [3.05, 3.63) is 104 Å². The van der Waals surface area contributed by atoms with Crippen LogP contribution in [0, 0.1) is 17.2 Å². The first-order valence-electron chi connectivity index (χ1n) is 10.4. The third kappa shape index (κ3) is 4.84. The Balaban J connectivity index is 1.92. The minimum absolute atomic E-state index is 0.0363. The minimum atomic E-state index is -5.25. The number of hydrogen-bond acceptors (Lipinski definition) is 6. The number of rotatable bonds is 6. The predicted octanol–water partition coefficient (Wildman–Crippen LogP) is 6.51. The highest BCUT2D eigenvalue weighted by atomic mass is 35.5. The fourth-order valence-electron chi connectivity index (χ4n) is 4.05. The van der Waals surface area contributed by atoms with E-state index in [1.54, 1.807) is 41.8 Å². The number of carbonyl (C=O) groups is 1. The van der Waals surface area contributed by atoms with E-state index in [1.165, 1.54) is 24.3 Å². The number of thiophene rings is 1. The lowest BCUT2D eigenvalue weighted by atomic mass is 9.70. The van der Waals surface area contributed by atoms with Gasteiger partial charge in [0, 0.05) is 16.7 Å². The van der Waals surface area contributed by atoms with Crippen LogP contribution in [0.25, 0.3) is 0 Å². The van der Waals surface area contributed by atoms with Crippen LogP contribution in [0.1, 0.15) is 26.7 Å². The van der Waals surface area contributed by atoms with Gasteiger partial charge in [0.05, 0.1) is 27.5 Å². The largest absolute Gasteiger partial charge is 0.437 e. The lowest BCUT2D eigenvalue weighted by Crippen LogP contribution is -2.66. The molecule has 0 spiro atoms. The van der Waals surface area contributed by atoms with Crippen LogP contribution in [-0.2, 0) is 5.75 Å². The Bertz CT molecular complexity index is 1290. The number of nitrogens with zero attached hydrogens (tertiary/aromatic N) is 1. The van der Waals surface area contributed by atoms with Gasteiger partial charge in [-0.15, -0.1) is 23.1 Å². The third-order valence-corrected chi connectivity index (χ3v) is 8.03. The highest BCUT2D eigenvalue weighted by Crippen LogP contribution is 2.52. The number of alkyl halides is 3. The van der Waals surface area contributed by atoms with E-state index in [9.17, 15) is 28.3 Å². The summed E-state index contributed by atoms with van der Waals surface area (Å²) in [6.07, 6.45) is -5.25. The van der Waals surface area contributed by atoms with E-state index in [1.807, 2.05) is 12.1 Å². The minimum Gasteiger partial charge on any atom is -0.363 e. The van der Waals surface area contributed by atoms with Gasteiger partial charge in [-0.1, -0.05) is 66.2 Å². The number of carbonyl (C=O) groups excluding carboxylic acids is 1. The van der Waals surface area contributed by atoms with Crippen LogP contribution >= 0.6 is 34.7 Å². The van der Waals surface area contributed by atoms with Gasteiger partial charge in [-0.05, 0) is 28.6 Å². The molecule has 0 bridgehead atoms. The highest BCUT2D eigenvalue weighted by Gasteiger charge is 2.66. The number of nitrogens with one attached hydrogen (secondary N) is 1. The number of allylic oxidation sites excluding steroid dienone is 1. The van der Waals surface area contributed by atoms with Gasteiger partial charge < -0.3 is 10.4 Å². The molecule has 3 atom stereocenters. The van der Waals surface area contributed by atoms with Crippen LogP contribution in [0.3, 0.4) is 0 Å². The molecule has 1 aliphatic heterocycles. The van der Waals surface area contributed by atoms with Crippen LogP contribution in [0.4, 0.5) is 13.2 Å². The molecule has 3 aromatic rings. The first-order valence-corrected chi connectivity index (χ1v) is 12.6. The molecule has 0 radical (unpaired) electrons. The van der Waals surface area contributed by atoms with Gasteiger partial charge in [0.25, 0.3) is 0 Å². The summed E-state index contributed by atoms with van der Waals surface area (Å²) in [6, 6.07) is 20.0. The highest BCUT2D eigenvalue weighted by molar-refractivity contribution is 8.02. The number of nitriles is 1. The van der Waals surface area contributed by atoms with E-state index in [-0.39, 0.29) is 31.8 Å². The quantitative estimate of drug-likeness (QED) is 0.353. The Labute approximate surface area is 213 Å². The SMILES string of the molecule is N#CC1=C(SCc2ccccc2)N[C@](O)(C(F)(F)F)[C@@H](C(=O)c2cccs2)[C@H]1c1ccccc1Cl. The molecule has 4 nitrogen and oxygen atoms in total. The summed E-state index contributed by atoms with van der Waals surface area (Å²) in [5.74, 6) is -4.22. The predicted molar refractivity (Wildman–Crippen MR) is 131 cm³/mol. The lowest BCUT2D eigenvalue weighted by molar-refractivity contribution is -0.285. The number of benzene rings is 2. The van der Waals surface area contributed by atoms with Crippen molar-refractivity contribution in [1.82, 2.24) is 5.32 Å². The smallest absolute Gasteiger partial charge is 0.363 e. The second-order valence-electron chi connectivity index (χ2n) is 7.84. The number of halogens is 4. The molecular weight excluding hydrogens is 517 g/mol. The van der Waals surface area contributed by atoms with E-state index >= 15 is 0 Å². The van der Waals surface area contributed by atoms with Gasteiger partial charge in [0.1, 0.15) is 0 Å². The van der Waals surface area contributed by atoms with E-state index in [4.69, 9.17) is 11.6 Å². The Morgan fingerprint density at radius 3 is 2.43 bits per heavy atom. The Hall–Kier alpha value is -2.77. The molecule has 2 heterocycles. The van der Waals surface area contributed by atoms with E-state index < -0.39 is 29.5 Å². The van der Waals surface area contributed by atoms with Crippen molar-refractivity contribution in [2.24, 2.45) is 5.92 Å². The van der Waals surface area contributed by atoms with Crippen LogP contribution in [-0.4, -0.2) is 22.8 Å². The maximum Gasteiger partial charge on any atom is 0.437 e. The summed E-state index contributed by atoms with van der Waals surface area (Å²) in [5.41, 5.74) is -2.77. The zero-order valence-corrected chi connectivity index (χ0v) is 20.3.